The quantitative estimate of drug-likeness (QED) is 0.140. The van der Waals surface area contributed by atoms with Crippen LogP contribution < -0.4 is 21.7 Å². The number of nitrogens with one attached hydrogen (secondary N) is 3. The lowest BCUT2D eigenvalue weighted by Gasteiger charge is -2.24. The number of nitrogens with zero attached hydrogens (tertiary/aromatic N) is 2. The number of benzene rings is 3. The second-order valence-corrected chi connectivity index (χ2v) is 16.1. The highest BCUT2D eigenvalue weighted by Crippen LogP contribution is 2.40. The van der Waals surface area contributed by atoms with Gasteiger partial charge in [0.1, 0.15) is 23.9 Å². The molecule has 5 N–H and O–H groups in total. The fraction of sp³-hybridized carbons (Fsp3) is 0.250. The smallest absolute Gasteiger partial charge is 0.290 e. The molecule has 4 atom stereocenters. The summed E-state index contributed by atoms with van der Waals surface area (Å²) in [7, 11) is 0. The number of hydrogen-bond donors (Lipinski definition) is 4. The second kappa shape index (κ2) is 15.1. The number of nitrogens with two attached hydrogens (primary N) is 1. The molecule has 2 unspecified atom stereocenters. The van der Waals surface area contributed by atoms with E-state index in [1.54, 1.807) is 42.5 Å². The second-order valence-electron chi connectivity index (χ2n) is 14.1. The van der Waals surface area contributed by atoms with E-state index >= 15 is 0 Å². The van der Waals surface area contributed by atoms with E-state index in [1.807, 2.05) is 36.4 Å². The van der Waals surface area contributed by atoms with Crippen LogP contribution in [0.2, 0.25) is 10.0 Å². The molecule has 56 heavy (non-hydrogen) atoms. The first-order valence-electron chi connectivity index (χ1n) is 17.8. The van der Waals surface area contributed by atoms with E-state index in [-0.39, 0.29) is 43.4 Å². The lowest BCUT2D eigenvalue weighted by atomic mass is 9.91. The molecule has 2 saturated heterocycles. The Bertz CT molecular complexity index is 2410. The largest absolute Gasteiger partial charge is 0.451 e. The Hall–Kier alpha value is -5.70. The average molecular weight is 814 g/mol. The third kappa shape index (κ3) is 7.59. The minimum atomic E-state index is -1.11. The highest BCUT2D eigenvalue weighted by molar-refractivity contribution is 7.19. The summed E-state index contributed by atoms with van der Waals surface area (Å²) in [6.45, 7) is -0.0377. The maximum Gasteiger partial charge on any atom is 0.290 e. The van der Waals surface area contributed by atoms with Crippen LogP contribution in [0, 0.1) is 0 Å². The Morgan fingerprint density at radius 1 is 1.02 bits per heavy atom. The standard InChI is InChI=1S/C40H34Cl2N6O7S/c41-23-8-9-26(27(42)16-23)32-11-12-33(54-32)39(53)48-20-40(18-30(47-55-40)21-5-3-6-24(14-21)44-37(51)28-10-13-35(49)45-28)19-31(48)38(52)46-29(36(43)50)17-25-15-22-4-1-2-7-34(22)56-25/h1-9,11-12,14-16,28-29,31H,10,13,17-20H2,(H2,43,50)(H,44,51)(H,45,49)(H,46,52)/t28-,29?,31-,40?/m0/s1. The zero-order valence-corrected chi connectivity index (χ0v) is 31.9. The molecule has 2 aromatic heterocycles. The number of thiophene rings is 1. The minimum Gasteiger partial charge on any atom is -0.451 e. The van der Waals surface area contributed by atoms with Gasteiger partial charge < -0.3 is 35.8 Å². The number of anilines is 1. The molecular formula is C40H34Cl2N6O7S. The monoisotopic (exact) mass is 812 g/mol. The fourth-order valence-electron chi connectivity index (χ4n) is 7.34. The molecule has 1 spiro atoms. The molecule has 13 nitrogen and oxygen atoms in total. The van der Waals surface area contributed by atoms with Crippen LogP contribution in [-0.4, -0.2) is 70.4 Å². The molecule has 2 fully saturated rings. The summed E-state index contributed by atoms with van der Waals surface area (Å²) in [5.74, 6) is -2.10. The van der Waals surface area contributed by atoms with Crippen molar-refractivity contribution in [1.82, 2.24) is 15.5 Å². The Morgan fingerprint density at radius 2 is 1.86 bits per heavy atom. The van der Waals surface area contributed by atoms with Crippen molar-refractivity contribution in [3.63, 3.8) is 0 Å². The van der Waals surface area contributed by atoms with Gasteiger partial charge in [-0.3, -0.25) is 24.0 Å². The molecule has 3 aliphatic heterocycles. The highest BCUT2D eigenvalue weighted by Gasteiger charge is 2.54. The maximum absolute atomic E-state index is 14.3. The zero-order chi connectivity index (χ0) is 39.1. The van der Waals surface area contributed by atoms with E-state index in [0.29, 0.717) is 51.2 Å². The van der Waals surface area contributed by atoms with Gasteiger partial charge in [-0.1, -0.05) is 58.7 Å². The van der Waals surface area contributed by atoms with Crippen LogP contribution >= 0.6 is 34.5 Å². The van der Waals surface area contributed by atoms with Crippen LogP contribution in [-0.2, 0) is 30.4 Å². The van der Waals surface area contributed by atoms with Crippen molar-refractivity contribution in [3.05, 3.63) is 111 Å². The molecule has 0 radical (unpaired) electrons. The summed E-state index contributed by atoms with van der Waals surface area (Å²) in [6, 6.07) is 22.0. The molecule has 5 aromatic rings. The molecule has 3 aromatic carbocycles. The topological polar surface area (TPSA) is 185 Å². The van der Waals surface area contributed by atoms with Gasteiger partial charge in [-0.15, -0.1) is 11.3 Å². The SMILES string of the molecule is NC(=O)C(Cc1cc2ccccc2s1)NC(=O)[C@@H]1CC2(CC(c3cccc(NC(=O)[C@@H]4CCC(=O)N4)c3)=NO2)CN1C(=O)c1ccc(-c2ccc(Cl)cc2Cl)o1. The predicted molar refractivity (Wildman–Crippen MR) is 211 cm³/mol. The summed E-state index contributed by atoms with van der Waals surface area (Å²) >= 11 is 14.0. The Labute approximate surface area is 334 Å². The van der Waals surface area contributed by atoms with Crippen LogP contribution in [0.1, 0.15) is 46.7 Å². The van der Waals surface area contributed by atoms with Gasteiger partial charge in [-0.2, -0.15) is 0 Å². The number of carbonyl (C=O) groups excluding carboxylic acids is 5. The van der Waals surface area contributed by atoms with Gasteiger partial charge >= 0.3 is 0 Å². The van der Waals surface area contributed by atoms with Crippen molar-refractivity contribution < 1.29 is 33.2 Å². The van der Waals surface area contributed by atoms with Crippen LogP contribution in [0.4, 0.5) is 5.69 Å². The Morgan fingerprint density at radius 3 is 2.62 bits per heavy atom. The first-order valence-corrected chi connectivity index (χ1v) is 19.4. The number of furan rings is 1. The number of primary amides is 1. The molecule has 286 valence electrons. The van der Waals surface area contributed by atoms with Gasteiger partial charge in [0.05, 0.1) is 17.3 Å². The summed E-state index contributed by atoms with van der Waals surface area (Å²) in [6.07, 6.45) is 1.14. The molecule has 16 heteroatoms. The van der Waals surface area contributed by atoms with Gasteiger partial charge in [0, 0.05) is 57.1 Å². The lowest BCUT2D eigenvalue weighted by Crippen LogP contribution is -2.52. The van der Waals surface area contributed by atoms with Crippen molar-refractivity contribution in [3.8, 4) is 11.3 Å². The third-order valence-corrected chi connectivity index (χ3v) is 11.8. The summed E-state index contributed by atoms with van der Waals surface area (Å²) in [4.78, 5) is 74.0. The van der Waals surface area contributed by atoms with Crippen molar-refractivity contribution in [2.45, 2.75) is 55.8 Å². The van der Waals surface area contributed by atoms with Crippen molar-refractivity contribution in [2.75, 3.05) is 11.9 Å². The zero-order valence-electron chi connectivity index (χ0n) is 29.6. The molecule has 0 aliphatic carbocycles. The van der Waals surface area contributed by atoms with Crippen molar-refractivity contribution in [2.24, 2.45) is 10.9 Å². The van der Waals surface area contributed by atoms with Crippen LogP contribution in [0.5, 0.6) is 0 Å². The van der Waals surface area contributed by atoms with Crippen LogP contribution in [0.25, 0.3) is 21.4 Å². The van der Waals surface area contributed by atoms with E-state index in [1.165, 1.54) is 22.3 Å². The predicted octanol–water partition coefficient (Wildman–Crippen LogP) is 5.68. The van der Waals surface area contributed by atoms with Crippen molar-refractivity contribution in [1.29, 1.82) is 0 Å². The number of hydrogen-bond acceptors (Lipinski definition) is 9. The first-order chi connectivity index (χ1) is 26.9. The van der Waals surface area contributed by atoms with Gasteiger partial charge in [-0.05, 0) is 66.4 Å². The van der Waals surface area contributed by atoms with Crippen molar-refractivity contribution >= 4 is 85.6 Å². The summed E-state index contributed by atoms with van der Waals surface area (Å²) in [5.41, 5.74) is 6.94. The number of fused-ring (bicyclic) bond motifs is 1. The van der Waals surface area contributed by atoms with E-state index in [4.69, 9.17) is 38.2 Å². The number of rotatable bonds is 10. The molecule has 0 bridgehead atoms. The van der Waals surface area contributed by atoms with Crippen LogP contribution in [0.3, 0.4) is 0 Å². The van der Waals surface area contributed by atoms with E-state index in [0.717, 1.165) is 15.0 Å². The normalized spacial score (nSPS) is 20.8. The third-order valence-electron chi connectivity index (χ3n) is 10.1. The Kier molecular flexibility index (Phi) is 10.0. The van der Waals surface area contributed by atoms with Gasteiger partial charge in [0.25, 0.3) is 5.91 Å². The summed E-state index contributed by atoms with van der Waals surface area (Å²) in [5, 5.41) is 14.5. The molecule has 3 aliphatic rings. The summed E-state index contributed by atoms with van der Waals surface area (Å²) < 4.78 is 7.03. The lowest BCUT2D eigenvalue weighted by molar-refractivity contribution is -0.129. The highest BCUT2D eigenvalue weighted by atomic mass is 35.5. The molecule has 8 rings (SSSR count). The first kappa shape index (κ1) is 37.2. The van der Waals surface area contributed by atoms with Gasteiger partial charge in [0.15, 0.2) is 11.4 Å². The number of oxime groups is 1. The number of amides is 5. The maximum atomic E-state index is 14.3. The van der Waals surface area contributed by atoms with Gasteiger partial charge in [-0.25, -0.2) is 0 Å². The van der Waals surface area contributed by atoms with E-state index in [9.17, 15) is 24.0 Å². The van der Waals surface area contributed by atoms with E-state index in [2.05, 4.69) is 21.1 Å². The average Bonchev–Trinajstić information content (AvgIpc) is 4.02. The van der Waals surface area contributed by atoms with E-state index < -0.39 is 41.4 Å². The minimum absolute atomic E-state index is 0.0377. The fourth-order valence-corrected chi connectivity index (χ4v) is 8.95. The van der Waals surface area contributed by atoms with Crippen LogP contribution in [0.15, 0.2) is 94.5 Å². The Balaban J connectivity index is 1.04. The molecule has 5 amide bonds. The molecule has 5 heterocycles. The number of halogens is 2. The molecular weight excluding hydrogens is 779 g/mol. The van der Waals surface area contributed by atoms with Gasteiger partial charge in [0.2, 0.25) is 23.6 Å². The molecule has 0 saturated carbocycles. The number of carbonyl (C=O) groups is 5. The number of likely N-dealkylation sites (tertiary alicyclic amines) is 1.